The highest BCUT2D eigenvalue weighted by atomic mass is 32.2. The molecule has 0 aromatic heterocycles. The average Bonchev–Trinajstić information content (AvgIpc) is 2.87. The highest BCUT2D eigenvalue weighted by Crippen LogP contribution is 2.46. The molecule has 1 heterocycles. The summed E-state index contributed by atoms with van der Waals surface area (Å²) < 4.78 is 18.1. The number of halogens is 1. The van der Waals surface area contributed by atoms with E-state index in [0.29, 0.717) is 17.8 Å². The minimum atomic E-state index is -1.29. The molecule has 3 aromatic carbocycles. The first-order valence-electron chi connectivity index (χ1n) is 12.5. The molecule has 0 amide bonds. The zero-order chi connectivity index (χ0) is 23.8. The van der Waals surface area contributed by atoms with E-state index in [-0.39, 0.29) is 0 Å². The van der Waals surface area contributed by atoms with E-state index in [0.717, 1.165) is 24.4 Å². The Kier molecular flexibility index (Phi) is 8.69. The largest absolute Gasteiger partial charge is 0.385 e. The summed E-state index contributed by atoms with van der Waals surface area (Å²) in [4.78, 5) is 0. The van der Waals surface area contributed by atoms with Gasteiger partial charge in [-0.1, -0.05) is 90.8 Å². The number of fused-ring (bicyclic) bond motifs is 3. The quantitative estimate of drug-likeness (QED) is 0.279. The van der Waals surface area contributed by atoms with E-state index < -0.39 is 5.67 Å². The van der Waals surface area contributed by atoms with Crippen LogP contribution in [0.3, 0.4) is 0 Å². The number of rotatable bonds is 6. The molecule has 1 aliphatic heterocycles. The van der Waals surface area contributed by atoms with Crippen LogP contribution in [0.4, 0.5) is 10.1 Å². The Balaban J connectivity index is 0.000000398. The third-order valence-electron chi connectivity index (χ3n) is 7.02. The van der Waals surface area contributed by atoms with E-state index in [2.05, 4.69) is 52.5 Å². The number of anilines is 1. The molecule has 0 radical (unpaired) electrons. The Morgan fingerprint density at radius 3 is 2.29 bits per heavy atom. The molecule has 180 valence electrons. The van der Waals surface area contributed by atoms with Crippen molar-refractivity contribution in [1.29, 1.82) is 0 Å². The normalized spacial score (nSPS) is 21.3. The molecule has 3 aromatic rings. The first kappa shape index (κ1) is 24.8. The van der Waals surface area contributed by atoms with Gasteiger partial charge in [0.25, 0.3) is 0 Å². The van der Waals surface area contributed by atoms with E-state index in [1.165, 1.54) is 36.1 Å². The van der Waals surface area contributed by atoms with Gasteiger partial charge in [0.1, 0.15) is 5.67 Å². The first-order valence-corrected chi connectivity index (χ1v) is 13.4. The standard InChI is InChI=1S/C24H31FN2S.C6H6/c1-24(2,25)20-10-11-23-22(13-20)21-12-18(8-9-19(21)15-26-23)14-27-28-16-17-6-4-3-5-7-17;1-2-4-6-5-3-1/h3-7,10-11,13,18-19,21,26-27H,8-9,12,14-16H2,1-2H3;1-6H. The van der Waals surface area contributed by atoms with E-state index >= 15 is 0 Å². The summed E-state index contributed by atoms with van der Waals surface area (Å²) in [6.45, 7) is 5.41. The van der Waals surface area contributed by atoms with Crippen LogP contribution in [-0.2, 0) is 11.4 Å². The maximum atomic E-state index is 14.5. The molecule has 4 heteroatoms. The van der Waals surface area contributed by atoms with Crippen LogP contribution in [0.1, 0.15) is 55.7 Å². The smallest absolute Gasteiger partial charge is 0.130 e. The van der Waals surface area contributed by atoms with Crippen LogP contribution in [0.2, 0.25) is 0 Å². The minimum Gasteiger partial charge on any atom is -0.385 e. The topological polar surface area (TPSA) is 24.1 Å². The lowest BCUT2D eigenvalue weighted by Gasteiger charge is -2.41. The van der Waals surface area contributed by atoms with Crippen LogP contribution in [0.25, 0.3) is 0 Å². The maximum absolute atomic E-state index is 14.5. The Morgan fingerprint density at radius 1 is 0.941 bits per heavy atom. The Bertz CT molecular complexity index is 977. The zero-order valence-corrected chi connectivity index (χ0v) is 21.2. The number of nitrogens with one attached hydrogen (secondary N) is 2. The molecule has 2 nitrogen and oxygen atoms in total. The van der Waals surface area contributed by atoms with E-state index in [1.54, 1.807) is 13.8 Å². The number of hydrogen-bond donors (Lipinski definition) is 2. The summed E-state index contributed by atoms with van der Waals surface area (Å²) in [5.41, 5.74) is 3.42. The molecule has 2 N–H and O–H groups in total. The van der Waals surface area contributed by atoms with Crippen molar-refractivity contribution in [2.75, 3.05) is 18.4 Å². The van der Waals surface area contributed by atoms with Crippen molar-refractivity contribution < 1.29 is 4.39 Å². The SMILES string of the molecule is CC(C)(F)c1ccc2c(c1)C1CC(CNSCc3ccccc3)CCC1CN2.c1ccccc1. The fourth-order valence-electron chi connectivity index (χ4n) is 5.04. The second kappa shape index (κ2) is 11.9. The highest BCUT2D eigenvalue weighted by molar-refractivity contribution is 7.96. The van der Waals surface area contributed by atoms with E-state index in [9.17, 15) is 4.39 Å². The molecule has 5 rings (SSSR count). The summed E-state index contributed by atoms with van der Waals surface area (Å²) in [6.07, 6.45) is 3.75. The van der Waals surface area contributed by atoms with E-state index in [1.807, 2.05) is 54.4 Å². The molecule has 34 heavy (non-hydrogen) atoms. The second-order valence-corrected chi connectivity index (χ2v) is 10.8. The van der Waals surface area contributed by atoms with Gasteiger partial charge in [0.2, 0.25) is 0 Å². The van der Waals surface area contributed by atoms with Crippen LogP contribution in [0.15, 0.2) is 84.9 Å². The fourth-order valence-corrected chi connectivity index (χ4v) is 5.86. The van der Waals surface area contributed by atoms with Crippen molar-refractivity contribution >= 4 is 17.6 Å². The summed E-state index contributed by atoms with van der Waals surface area (Å²) in [5, 5.41) is 3.58. The van der Waals surface area contributed by atoms with Crippen LogP contribution in [-0.4, -0.2) is 13.1 Å². The fraction of sp³-hybridized carbons (Fsp3) is 0.400. The molecule has 3 unspecified atom stereocenters. The zero-order valence-electron chi connectivity index (χ0n) is 20.3. The number of benzene rings is 3. The van der Waals surface area contributed by atoms with Gasteiger partial charge in [-0.2, -0.15) is 0 Å². The van der Waals surface area contributed by atoms with Gasteiger partial charge >= 0.3 is 0 Å². The third-order valence-corrected chi connectivity index (χ3v) is 7.87. The third kappa shape index (κ3) is 6.86. The van der Waals surface area contributed by atoms with Gasteiger partial charge in [0, 0.05) is 24.5 Å². The predicted molar refractivity (Wildman–Crippen MR) is 145 cm³/mol. The van der Waals surface area contributed by atoms with Gasteiger partial charge in [-0.15, -0.1) is 0 Å². The average molecular weight is 477 g/mol. The van der Waals surface area contributed by atoms with Crippen molar-refractivity contribution in [3.8, 4) is 0 Å². The van der Waals surface area contributed by atoms with Crippen molar-refractivity contribution in [2.45, 2.75) is 50.4 Å². The Morgan fingerprint density at radius 2 is 1.62 bits per heavy atom. The molecule has 2 aliphatic rings. The summed E-state index contributed by atoms with van der Waals surface area (Å²) in [6, 6.07) is 28.8. The van der Waals surface area contributed by atoms with Crippen molar-refractivity contribution in [1.82, 2.24) is 4.72 Å². The molecule has 0 spiro atoms. The highest BCUT2D eigenvalue weighted by Gasteiger charge is 2.36. The summed E-state index contributed by atoms with van der Waals surface area (Å²) in [7, 11) is 0. The first-order chi connectivity index (χ1) is 16.5. The van der Waals surface area contributed by atoms with Crippen LogP contribution < -0.4 is 10.0 Å². The van der Waals surface area contributed by atoms with Gasteiger partial charge in [0.15, 0.2) is 0 Å². The van der Waals surface area contributed by atoms with Crippen molar-refractivity contribution in [3.05, 3.63) is 102 Å². The predicted octanol–water partition coefficient (Wildman–Crippen LogP) is 7.94. The molecule has 1 fully saturated rings. The second-order valence-electron chi connectivity index (χ2n) is 9.98. The van der Waals surface area contributed by atoms with Gasteiger partial charge in [0.05, 0.1) is 0 Å². The lowest BCUT2D eigenvalue weighted by molar-refractivity contribution is 0.219. The molecular weight excluding hydrogens is 439 g/mol. The molecule has 1 aliphatic carbocycles. The van der Waals surface area contributed by atoms with Gasteiger partial charge in [-0.25, -0.2) is 4.39 Å². The van der Waals surface area contributed by atoms with Gasteiger partial charge < -0.3 is 5.32 Å². The van der Waals surface area contributed by atoms with Crippen LogP contribution in [0.5, 0.6) is 0 Å². The van der Waals surface area contributed by atoms with Crippen LogP contribution >= 0.6 is 11.9 Å². The molecular formula is C30H37FN2S. The Labute approximate surface area is 208 Å². The Hall–Kier alpha value is -2.30. The van der Waals surface area contributed by atoms with Crippen molar-refractivity contribution in [2.24, 2.45) is 11.8 Å². The molecule has 0 bridgehead atoms. The monoisotopic (exact) mass is 476 g/mol. The van der Waals surface area contributed by atoms with Crippen molar-refractivity contribution in [3.63, 3.8) is 0 Å². The molecule has 3 atom stereocenters. The number of hydrogen-bond acceptors (Lipinski definition) is 3. The lowest BCUT2D eigenvalue weighted by atomic mass is 9.69. The number of alkyl halides is 1. The maximum Gasteiger partial charge on any atom is 0.130 e. The lowest BCUT2D eigenvalue weighted by Crippen LogP contribution is -2.35. The van der Waals surface area contributed by atoms with Gasteiger partial charge in [-0.05, 0) is 73.6 Å². The van der Waals surface area contributed by atoms with Gasteiger partial charge in [-0.3, -0.25) is 4.72 Å². The summed E-state index contributed by atoms with van der Waals surface area (Å²) in [5.74, 6) is 2.93. The summed E-state index contributed by atoms with van der Waals surface area (Å²) >= 11 is 1.81. The minimum absolute atomic E-state index is 0.554. The van der Waals surface area contributed by atoms with E-state index in [4.69, 9.17) is 0 Å². The molecule has 1 saturated carbocycles. The van der Waals surface area contributed by atoms with Crippen LogP contribution in [0, 0.1) is 11.8 Å². The molecule has 0 saturated heterocycles.